The van der Waals surface area contributed by atoms with Gasteiger partial charge in [-0.25, -0.2) is 12.8 Å². The monoisotopic (exact) mass is 256 g/mol. The smallest absolute Gasteiger partial charge is 0.212 e. The molecule has 0 radical (unpaired) electrons. The van der Waals surface area contributed by atoms with Crippen LogP contribution >= 0.6 is 22.3 Å². The minimum atomic E-state index is -3.79. The van der Waals surface area contributed by atoms with Gasteiger partial charge in [0.25, 0.3) is 0 Å². The molecule has 0 amide bonds. The van der Waals surface area contributed by atoms with Gasteiger partial charge in [-0.2, -0.15) is 0 Å². The first-order valence-electron chi connectivity index (χ1n) is 3.67. The van der Waals surface area contributed by atoms with E-state index in [0.29, 0.717) is 5.56 Å². The van der Waals surface area contributed by atoms with Crippen LogP contribution in [-0.4, -0.2) is 8.42 Å². The van der Waals surface area contributed by atoms with E-state index < -0.39 is 20.6 Å². The lowest BCUT2D eigenvalue weighted by atomic mass is 10.1. The van der Waals surface area contributed by atoms with Crippen molar-refractivity contribution in [2.24, 2.45) is 0 Å². The molecule has 0 aliphatic heterocycles. The average molecular weight is 257 g/mol. The van der Waals surface area contributed by atoms with Crippen LogP contribution < -0.4 is 0 Å². The average Bonchev–Trinajstić information content (AvgIpc) is 2.04. The Morgan fingerprint density at radius 3 is 2.50 bits per heavy atom. The standard InChI is InChI=1S/C8H7Cl2FO2S/c1-5-2-3-7(11)6(8(5)9)4-14(10,12)13/h2-3H,4H2,1H3. The van der Waals surface area contributed by atoms with Gasteiger partial charge in [0.2, 0.25) is 9.05 Å². The van der Waals surface area contributed by atoms with Gasteiger partial charge in [0.15, 0.2) is 0 Å². The Labute approximate surface area is 91.1 Å². The molecule has 0 fully saturated rings. The molecule has 0 aliphatic carbocycles. The molecule has 1 rings (SSSR count). The highest BCUT2D eigenvalue weighted by Gasteiger charge is 2.16. The second kappa shape index (κ2) is 4.04. The summed E-state index contributed by atoms with van der Waals surface area (Å²) in [4.78, 5) is 0. The molecule has 0 atom stereocenters. The fourth-order valence-corrected chi connectivity index (χ4v) is 2.27. The third kappa shape index (κ3) is 2.83. The molecule has 0 spiro atoms. The predicted molar refractivity (Wildman–Crippen MR) is 54.6 cm³/mol. The van der Waals surface area contributed by atoms with Crippen molar-refractivity contribution in [2.75, 3.05) is 0 Å². The van der Waals surface area contributed by atoms with Gasteiger partial charge in [-0.3, -0.25) is 0 Å². The second-order valence-electron chi connectivity index (χ2n) is 2.84. The largest absolute Gasteiger partial charge is 0.236 e. The molecule has 0 aromatic heterocycles. The second-order valence-corrected chi connectivity index (χ2v) is 5.99. The van der Waals surface area contributed by atoms with Crippen molar-refractivity contribution < 1.29 is 12.8 Å². The summed E-state index contributed by atoms with van der Waals surface area (Å²) in [6, 6.07) is 2.64. The maximum atomic E-state index is 13.2. The van der Waals surface area contributed by atoms with Crippen LogP contribution in [-0.2, 0) is 14.8 Å². The lowest BCUT2D eigenvalue weighted by Crippen LogP contribution is -2.00. The molecule has 14 heavy (non-hydrogen) atoms. The molecule has 0 saturated carbocycles. The molecule has 0 aliphatic rings. The van der Waals surface area contributed by atoms with E-state index >= 15 is 0 Å². The predicted octanol–water partition coefficient (Wildman–Crippen LogP) is 2.86. The highest BCUT2D eigenvalue weighted by molar-refractivity contribution is 8.13. The maximum absolute atomic E-state index is 13.2. The topological polar surface area (TPSA) is 34.1 Å². The van der Waals surface area contributed by atoms with E-state index in [1.807, 2.05) is 0 Å². The first-order valence-corrected chi connectivity index (χ1v) is 6.52. The molecule has 1 aromatic rings. The lowest BCUT2D eigenvalue weighted by Gasteiger charge is -2.05. The Kier molecular flexibility index (Phi) is 3.40. The Morgan fingerprint density at radius 2 is 2.00 bits per heavy atom. The fraction of sp³-hybridized carbons (Fsp3) is 0.250. The lowest BCUT2D eigenvalue weighted by molar-refractivity contribution is 0.597. The number of rotatable bonds is 2. The zero-order valence-electron chi connectivity index (χ0n) is 7.22. The van der Waals surface area contributed by atoms with Crippen molar-refractivity contribution in [3.8, 4) is 0 Å². The Morgan fingerprint density at radius 1 is 1.43 bits per heavy atom. The third-order valence-electron chi connectivity index (χ3n) is 1.70. The van der Waals surface area contributed by atoms with Crippen LogP contribution in [0.1, 0.15) is 11.1 Å². The van der Waals surface area contributed by atoms with Gasteiger partial charge in [0, 0.05) is 16.2 Å². The highest BCUT2D eigenvalue weighted by atomic mass is 35.7. The minimum Gasteiger partial charge on any atom is -0.212 e. The van der Waals surface area contributed by atoms with Gasteiger partial charge in [-0.05, 0) is 18.6 Å². The normalized spacial score (nSPS) is 11.7. The number of hydrogen-bond acceptors (Lipinski definition) is 2. The van der Waals surface area contributed by atoms with Gasteiger partial charge in [0.05, 0.1) is 10.8 Å². The zero-order chi connectivity index (χ0) is 10.9. The Hall–Kier alpha value is -0.320. The highest BCUT2D eigenvalue weighted by Crippen LogP contribution is 2.26. The van der Waals surface area contributed by atoms with Gasteiger partial charge < -0.3 is 0 Å². The van der Waals surface area contributed by atoms with Crippen LogP contribution in [0.15, 0.2) is 12.1 Å². The van der Waals surface area contributed by atoms with Gasteiger partial charge in [-0.1, -0.05) is 17.7 Å². The fourth-order valence-electron chi connectivity index (χ4n) is 1.02. The molecule has 0 N–H and O–H groups in total. The van der Waals surface area contributed by atoms with Crippen LogP contribution in [0.5, 0.6) is 0 Å². The van der Waals surface area contributed by atoms with E-state index in [1.54, 1.807) is 6.92 Å². The number of halogens is 3. The Bertz CT molecular complexity index is 457. The summed E-state index contributed by atoms with van der Waals surface area (Å²) >= 11 is 5.74. The molecule has 6 heteroatoms. The van der Waals surface area contributed by atoms with Crippen molar-refractivity contribution in [3.05, 3.63) is 34.1 Å². The summed E-state index contributed by atoms with van der Waals surface area (Å²) < 4.78 is 34.7. The molecule has 0 saturated heterocycles. The first kappa shape index (κ1) is 11.8. The van der Waals surface area contributed by atoms with Crippen molar-refractivity contribution in [3.63, 3.8) is 0 Å². The first-order chi connectivity index (χ1) is 6.31. The summed E-state index contributed by atoms with van der Waals surface area (Å²) in [7, 11) is 1.22. The van der Waals surface area contributed by atoms with E-state index in [9.17, 15) is 12.8 Å². The van der Waals surface area contributed by atoms with Crippen LogP contribution in [0.25, 0.3) is 0 Å². The molecular weight excluding hydrogens is 250 g/mol. The molecule has 0 unspecified atom stereocenters. The minimum absolute atomic E-state index is 0.0818. The van der Waals surface area contributed by atoms with Crippen molar-refractivity contribution in [1.82, 2.24) is 0 Å². The van der Waals surface area contributed by atoms with Gasteiger partial charge in [-0.15, -0.1) is 0 Å². The van der Waals surface area contributed by atoms with Crippen LogP contribution in [0.4, 0.5) is 4.39 Å². The number of aryl methyl sites for hydroxylation is 1. The SMILES string of the molecule is Cc1ccc(F)c(CS(=O)(=O)Cl)c1Cl. The van der Waals surface area contributed by atoms with E-state index in [0.717, 1.165) is 0 Å². The van der Waals surface area contributed by atoms with E-state index in [-0.39, 0.29) is 10.6 Å². The summed E-state index contributed by atoms with van der Waals surface area (Å²) in [5.74, 6) is -1.26. The molecule has 78 valence electrons. The zero-order valence-corrected chi connectivity index (χ0v) is 9.55. The molecule has 0 bridgehead atoms. The number of hydrogen-bond donors (Lipinski definition) is 0. The number of benzene rings is 1. The van der Waals surface area contributed by atoms with E-state index in [2.05, 4.69) is 0 Å². The van der Waals surface area contributed by atoms with Crippen LogP contribution in [0, 0.1) is 12.7 Å². The van der Waals surface area contributed by atoms with Crippen LogP contribution in [0.2, 0.25) is 5.02 Å². The van der Waals surface area contributed by atoms with E-state index in [1.165, 1.54) is 12.1 Å². The molecule has 0 heterocycles. The Balaban J connectivity index is 3.27. The van der Waals surface area contributed by atoms with Gasteiger partial charge >= 0.3 is 0 Å². The summed E-state index contributed by atoms with van der Waals surface area (Å²) in [6.45, 7) is 1.66. The quantitative estimate of drug-likeness (QED) is 0.763. The van der Waals surface area contributed by atoms with Crippen LogP contribution in [0.3, 0.4) is 0 Å². The van der Waals surface area contributed by atoms with Crippen molar-refractivity contribution >= 4 is 31.3 Å². The molecule has 2 nitrogen and oxygen atoms in total. The molecule has 1 aromatic carbocycles. The summed E-state index contributed by atoms with van der Waals surface area (Å²) in [5.41, 5.74) is 0.532. The maximum Gasteiger partial charge on any atom is 0.236 e. The van der Waals surface area contributed by atoms with Crippen molar-refractivity contribution in [2.45, 2.75) is 12.7 Å². The van der Waals surface area contributed by atoms with Gasteiger partial charge in [0.1, 0.15) is 5.82 Å². The summed E-state index contributed by atoms with van der Waals surface area (Å²) in [5, 5.41) is 0.106. The summed E-state index contributed by atoms with van der Waals surface area (Å²) in [6.07, 6.45) is 0. The molecular formula is C8H7Cl2FO2S. The van der Waals surface area contributed by atoms with E-state index in [4.69, 9.17) is 22.3 Å². The van der Waals surface area contributed by atoms with Crippen molar-refractivity contribution in [1.29, 1.82) is 0 Å². The third-order valence-corrected chi connectivity index (χ3v) is 3.18.